The molecule has 0 aliphatic carbocycles. The summed E-state index contributed by atoms with van der Waals surface area (Å²) in [4.78, 5) is 11.1. The van der Waals surface area contributed by atoms with Crippen molar-refractivity contribution in [2.45, 2.75) is 57.2 Å². The van der Waals surface area contributed by atoms with Gasteiger partial charge in [0.05, 0.1) is 11.9 Å². The number of unbranched alkanes of at least 4 members (excludes halogenated alkanes) is 1. The van der Waals surface area contributed by atoms with Gasteiger partial charge in [-0.2, -0.15) is 42.5 Å². The van der Waals surface area contributed by atoms with Crippen molar-refractivity contribution in [2.75, 3.05) is 11.5 Å². The Morgan fingerprint density at radius 2 is 1.59 bits per heavy atom. The minimum Gasteiger partial charge on any atom is -0.462 e. The quantitative estimate of drug-likeness (QED) is 0.340. The van der Waals surface area contributed by atoms with E-state index in [1.54, 1.807) is 13.8 Å². The molecular weight excluding hydrogens is 341 g/mol. The molecule has 0 bridgehead atoms. The standard InChI is InChI=1S/C12H17F7O2S/c1-8(2)21-9(20)7-22-6-4-3-5-10(13,14)11(15,16)12(17,18)19/h8H,3-7H2,1-2H3. The minimum atomic E-state index is -6.29. The average molecular weight is 358 g/mol. The maximum absolute atomic E-state index is 12.9. The van der Waals surface area contributed by atoms with Gasteiger partial charge in [-0.1, -0.05) is 0 Å². The van der Waals surface area contributed by atoms with Crippen LogP contribution in [0.3, 0.4) is 0 Å². The Morgan fingerprint density at radius 3 is 2.05 bits per heavy atom. The molecule has 0 aromatic rings. The molecule has 0 radical (unpaired) electrons. The summed E-state index contributed by atoms with van der Waals surface area (Å²) in [6, 6.07) is 0. The van der Waals surface area contributed by atoms with E-state index < -0.39 is 36.8 Å². The predicted molar refractivity (Wildman–Crippen MR) is 68.4 cm³/mol. The smallest absolute Gasteiger partial charge is 0.459 e. The highest BCUT2D eigenvalue weighted by molar-refractivity contribution is 7.99. The molecule has 0 aromatic heterocycles. The molecule has 0 fully saturated rings. The molecule has 0 aliphatic rings. The SMILES string of the molecule is CC(C)OC(=O)CSCCCCC(F)(F)C(F)(F)C(F)(F)F. The molecule has 2 nitrogen and oxygen atoms in total. The minimum absolute atomic E-state index is 0.0108. The van der Waals surface area contributed by atoms with E-state index in [2.05, 4.69) is 0 Å². The number of alkyl halides is 7. The van der Waals surface area contributed by atoms with Crippen LogP contribution in [0.1, 0.15) is 33.1 Å². The Balaban J connectivity index is 4.04. The van der Waals surface area contributed by atoms with Crippen molar-refractivity contribution in [1.82, 2.24) is 0 Å². The van der Waals surface area contributed by atoms with Gasteiger partial charge in [-0.25, -0.2) is 0 Å². The van der Waals surface area contributed by atoms with Crippen LogP contribution >= 0.6 is 11.8 Å². The molecule has 0 spiro atoms. The first-order valence-electron chi connectivity index (χ1n) is 6.41. The van der Waals surface area contributed by atoms with Crippen molar-refractivity contribution in [2.24, 2.45) is 0 Å². The summed E-state index contributed by atoms with van der Waals surface area (Å²) >= 11 is 1.04. The lowest BCUT2D eigenvalue weighted by Gasteiger charge is -2.28. The summed E-state index contributed by atoms with van der Waals surface area (Å²) in [6.45, 7) is 3.29. The molecule has 0 amide bonds. The molecule has 0 saturated heterocycles. The van der Waals surface area contributed by atoms with E-state index in [9.17, 15) is 35.5 Å². The molecule has 10 heteroatoms. The summed E-state index contributed by atoms with van der Waals surface area (Å²) < 4.78 is 91.4. The molecule has 0 unspecified atom stereocenters. The Kier molecular flexibility index (Phi) is 8.01. The summed E-state index contributed by atoms with van der Waals surface area (Å²) in [7, 11) is 0. The normalized spacial score (nSPS) is 13.5. The number of hydrogen-bond acceptors (Lipinski definition) is 3. The highest BCUT2D eigenvalue weighted by Crippen LogP contribution is 2.48. The lowest BCUT2D eigenvalue weighted by molar-refractivity contribution is -0.355. The lowest BCUT2D eigenvalue weighted by atomic mass is 10.0. The van der Waals surface area contributed by atoms with Gasteiger partial charge in [0, 0.05) is 6.42 Å². The van der Waals surface area contributed by atoms with Crippen molar-refractivity contribution >= 4 is 17.7 Å². The van der Waals surface area contributed by atoms with Crippen molar-refractivity contribution in [3.63, 3.8) is 0 Å². The number of ether oxygens (including phenoxy) is 1. The van der Waals surface area contributed by atoms with E-state index in [1.165, 1.54) is 0 Å². The first-order chi connectivity index (χ1) is 9.81. The van der Waals surface area contributed by atoms with Crippen LogP contribution in [0.2, 0.25) is 0 Å². The van der Waals surface area contributed by atoms with Crippen molar-refractivity contribution in [3.05, 3.63) is 0 Å². The monoisotopic (exact) mass is 358 g/mol. The molecule has 132 valence electrons. The van der Waals surface area contributed by atoms with Crippen LogP contribution in [0.4, 0.5) is 30.7 Å². The van der Waals surface area contributed by atoms with Gasteiger partial charge in [-0.3, -0.25) is 4.79 Å². The van der Waals surface area contributed by atoms with E-state index in [0.29, 0.717) is 0 Å². The summed E-state index contributed by atoms with van der Waals surface area (Å²) in [6.07, 6.45) is -8.67. The zero-order chi connectivity index (χ0) is 17.6. The number of carbonyl (C=O) groups excluding carboxylic acids is 1. The maximum atomic E-state index is 12.9. The fraction of sp³-hybridized carbons (Fsp3) is 0.917. The fourth-order valence-electron chi connectivity index (χ4n) is 1.37. The molecule has 0 heterocycles. The molecule has 0 aromatic carbocycles. The van der Waals surface area contributed by atoms with Gasteiger partial charge < -0.3 is 4.74 Å². The van der Waals surface area contributed by atoms with E-state index in [-0.39, 0.29) is 24.0 Å². The zero-order valence-corrected chi connectivity index (χ0v) is 12.8. The zero-order valence-electron chi connectivity index (χ0n) is 12.0. The second kappa shape index (κ2) is 8.26. The number of carbonyl (C=O) groups is 1. The molecular formula is C12H17F7O2S. The second-order valence-electron chi connectivity index (χ2n) is 4.82. The third-order valence-corrected chi connectivity index (χ3v) is 3.45. The molecule has 0 aliphatic heterocycles. The number of rotatable bonds is 9. The van der Waals surface area contributed by atoms with Crippen LogP contribution in [0, 0.1) is 0 Å². The van der Waals surface area contributed by atoms with E-state index >= 15 is 0 Å². The van der Waals surface area contributed by atoms with Crippen molar-refractivity contribution in [3.8, 4) is 0 Å². The van der Waals surface area contributed by atoms with Gasteiger partial charge >= 0.3 is 24.0 Å². The summed E-state index contributed by atoms with van der Waals surface area (Å²) in [5, 5.41) is 0. The van der Waals surface area contributed by atoms with Crippen LogP contribution in [0.25, 0.3) is 0 Å². The Labute approximate surface area is 127 Å². The Hall–Kier alpha value is -0.670. The fourth-order valence-corrected chi connectivity index (χ4v) is 2.16. The average Bonchev–Trinajstić information content (AvgIpc) is 2.30. The van der Waals surface area contributed by atoms with Crippen LogP contribution in [0.15, 0.2) is 0 Å². The van der Waals surface area contributed by atoms with Gasteiger partial charge in [0.15, 0.2) is 0 Å². The van der Waals surface area contributed by atoms with Crippen LogP contribution < -0.4 is 0 Å². The van der Waals surface area contributed by atoms with Crippen LogP contribution in [-0.4, -0.2) is 41.6 Å². The summed E-state index contributed by atoms with van der Waals surface area (Å²) in [5.41, 5.74) is 0. The second-order valence-corrected chi connectivity index (χ2v) is 5.93. The van der Waals surface area contributed by atoms with Gasteiger partial charge in [0.2, 0.25) is 0 Å². The third-order valence-electron chi connectivity index (χ3n) is 2.43. The topological polar surface area (TPSA) is 26.3 Å². The highest BCUT2D eigenvalue weighted by atomic mass is 32.2. The number of halogens is 7. The molecule has 22 heavy (non-hydrogen) atoms. The van der Waals surface area contributed by atoms with Crippen LogP contribution in [0.5, 0.6) is 0 Å². The lowest BCUT2D eigenvalue weighted by Crippen LogP contribution is -2.51. The Morgan fingerprint density at radius 1 is 1.05 bits per heavy atom. The first kappa shape index (κ1) is 21.3. The first-order valence-corrected chi connectivity index (χ1v) is 7.56. The van der Waals surface area contributed by atoms with Gasteiger partial charge in [0.1, 0.15) is 0 Å². The Bertz CT molecular complexity index is 356. The van der Waals surface area contributed by atoms with Crippen LogP contribution in [-0.2, 0) is 9.53 Å². The molecule has 0 N–H and O–H groups in total. The third kappa shape index (κ3) is 6.62. The number of thioether (sulfide) groups is 1. The van der Waals surface area contributed by atoms with Gasteiger partial charge in [-0.05, 0) is 32.4 Å². The molecule has 0 atom stereocenters. The maximum Gasteiger partial charge on any atom is 0.459 e. The highest BCUT2D eigenvalue weighted by Gasteiger charge is 2.72. The predicted octanol–water partition coefficient (Wildman–Crippen LogP) is 4.67. The molecule has 0 rings (SSSR count). The van der Waals surface area contributed by atoms with Crippen molar-refractivity contribution < 1.29 is 40.3 Å². The van der Waals surface area contributed by atoms with Gasteiger partial charge in [0.25, 0.3) is 0 Å². The van der Waals surface area contributed by atoms with E-state index in [1.807, 2.05) is 0 Å². The molecule has 0 saturated carbocycles. The number of hydrogen-bond donors (Lipinski definition) is 0. The van der Waals surface area contributed by atoms with E-state index in [4.69, 9.17) is 4.74 Å². The van der Waals surface area contributed by atoms with E-state index in [0.717, 1.165) is 11.8 Å². The van der Waals surface area contributed by atoms with Crippen molar-refractivity contribution in [1.29, 1.82) is 0 Å². The summed E-state index contributed by atoms with van der Waals surface area (Å²) in [5.74, 6) is -11.6. The number of esters is 1. The largest absolute Gasteiger partial charge is 0.462 e. The van der Waals surface area contributed by atoms with Gasteiger partial charge in [-0.15, -0.1) is 0 Å².